The van der Waals surface area contributed by atoms with Gasteiger partial charge >= 0.3 is 0 Å². The number of rotatable bonds is 8. The van der Waals surface area contributed by atoms with Crippen LogP contribution in [0.15, 0.2) is 53.4 Å². The Morgan fingerprint density at radius 2 is 1.79 bits per heavy atom. The van der Waals surface area contributed by atoms with Crippen molar-refractivity contribution in [2.24, 2.45) is 0 Å². The SMILES string of the molecule is Cc1cccc(OCCCC(=O)Nc2cccc(S(=O)(=O)NC(C)(C)C)c2)c1. The van der Waals surface area contributed by atoms with Crippen LogP contribution in [0.25, 0.3) is 0 Å². The van der Waals surface area contributed by atoms with Gasteiger partial charge in [-0.05, 0) is 70.0 Å². The van der Waals surface area contributed by atoms with Gasteiger partial charge in [0.25, 0.3) is 0 Å². The van der Waals surface area contributed by atoms with E-state index in [1.807, 2.05) is 31.2 Å². The first-order valence-corrected chi connectivity index (χ1v) is 10.7. The fourth-order valence-electron chi connectivity index (χ4n) is 2.55. The van der Waals surface area contributed by atoms with Gasteiger partial charge in [-0.1, -0.05) is 18.2 Å². The first-order valence-electron chi connectivity index (χ1n) is 9.18. The van der Waals surface area contributed by atoms with Gasteiger partial charge in [0, 0.05) is 17.6 Å². The Hall–Kier alpha value is -2.38. The lowest BCUT2D eigenvalue weighted by atomic mass is 10.1. The zero-order valence-electron chi connectivity index (χ0n) is 16.8. The summed E-state index contributed by atoms with van der Waals surface area (Å²) in [6.45, 7) is 7.74. The lowest BCUT2D eigenvalue weighted by Gasteiger charge is -2.20. The van der Waals surface area contributed by atoms with Gasteiger partial charge in [-0.2, -0.15) is 0 Å². The molecule has 0 radical (unpaired) electrons. The average molecular weight is 405 g/mol. The van der Waals surface area contributed by atoms with Crippen LogP contribution in [0.3, 0.4) is 0 Å². The number of anilines is 1. The number of benzene rings is 2. The molecule has 6 nitrogen and oxygen atoms in total. The third-order valence-electron chi connectivity index (χ3n) is 3.68. The maximum absolute atomic E-state index is 12.4. The monoisotopic (exact) mass is 404 g/mol. The Morgan fingerprint density at radius 3 is 2.46 bits per heavy atom. The molecule has 0 aliphatic heterocycles. The second-order valence-electron chi connectivity index (χ2n) is 7.70. The maximum atomic E-state index is 12.4. The highest BCUT2D eigenvalue weighted by Crippen LogP contribution is 2.18. The Labute approximate surface area is 167 Å². The van der Waals surface area contributed by atoms with E-state index in [2.05, 4.69) is 10.0 Å². The van der Waals surface area contributed by atoms with Crippen molar-refractivity contribution < 1.29 is 17.9 Å². The molecule has 0 saturated carbocycles. The quantitative estimate of drug-likeness (QED) is 0.654. The summed E-state index contributed by atoms with van der Waals surface area (Å²) >= 11 is 0. The van der Waals surface area contributed by atoms with Crippen molar-refractivity contribution in [3.05, 3.63) is 54.1 Å². The van der Waals surface area contributed by atoms with Gasteiger partial charge in [-0.25, -0.2) is 13.1 Å². The average Bonchev–Trinajstić information content (AvgIpc) is 2.57. The second-order valence-corrected chi connectivity index (χ2v) is 9.38. The minimum atomic E-state index is -3.65. The molecule has 28 heavy (non-hydrogen) atoms. The number of hydrogen-bond donors (Lipinski definition) is 2. The third-order valence-corrected chi connectivity index (χ3v) is 5.43. The first-order chi connectivity index (χ1) is 13.0. The van der Waals surface area contributed by atoms with Crippen molar-refractivity contribution in [3.63, 3.8) is 0 Å². The summed E-state index contributed by atoms with van der Waals surface area (Å²) in [4.78, 5) is 12.2. The van der Waals surface area contributed by atoms with Gasteiger partial charge in [0.05, 0.1) is 11.5 Å². The van der Waals surface area contributed by atoms with Crippen LogP contribution in [0.2, 0.25) is 0 Å². The largest absolute Gasteiger partial charge is 0.494 e. The summed E-state index contributed by atoms with van der Waals surface area (Å²) in [7, 11) is -3.65. The molecule has 0 aliphatic carbocycles. The maximum Gasteiger partial charge on any atom is 0.241 e. The number of aryl methyl sites for hydroxylation is 1. The molecule has 0 aromatic heterocycles. The molecule has 1 amide bonds. The Balaban J connectivity index is 1.87. The summed E-state index contributed by atoms with van der Waals surface area (Å²) < 4.78 is 33.1. The van der Waals surface area contributed by atoms with E-state index >= 15 is 0 Å². The lowest BCUT2D eigenvalue weighted by Crippen LogP contribution is -2.40. The minimum absolute atomic E-state index is 0.114. The number of carbonyl (C=O) groups excluding carboxylic acids is 1. The van der Waals surface area contributed by atoms with Crippen molar-refractivity contribution in [1.29, 1.82) is 0 Å². The van der Waals surface area contributed by atoms with E-state index in [4.69, 9.17) is 4.74 Å². The molecule has 2 N–H and O–H groups in total. The molecule has 0 unspecified atom stereocenters. The van der Waals surface area contributed by atoms with Crippen molar-refractivity contribution in [1.82, 2.24) is 4.72 Å². The predicted molar refractivity (Wildman–Crippen MR) is 111 cm³/mol. The Morgan fingerprint density at radius 1 is 1.07 bits per heavy atom. The molecule has 2 aromatic carbocycles. The third kappa shape index (κ3) is 7.32. The number of amides is 1. The molecule has 0 spiro atoms. The Bertz CT molecular complexity index is 918. The van der Waals surface area contributed by atoms with Crippen LogP contribution in [0.5, 0.6) is 5.75 Å². The van der Waals surface area contributed by atoms with Gasteiger partial charge in [-0.3, -0.25) is 4.79 Å². The fraction of sp³-hybridized carbons (Fsp3) is 0.381. The molecule has 0 atom stereocenters. The number of sulfonamides is 1. The van der Waals surface area contributed by atoms with Gasteiger partial charge in [0.1, 0.15) is 5.75 Å². The summed E-state index contributed by atoms with van der Waals surface area (Å²) in [6, 6.07) is 14.0. The van der Waals surface area contributed by atoms with E-state index in [0.717, 1.165) is 11.3 Å². The second kappa shape index (κ2) is 9.21. The van der Waals surface area contributed by atoms with Gasteiger partial charge < -0.3 is 10.1 Å². The molecule has 0 aliphatic rings. The number of nitrogens with one attached hydrogen (secondary N) is 2. The first kappa shape index (κ1) is 21.9. The van der Waals surface area contributed by atoms with Gasteiger partial charge in [0.2, 0.25) is 15.9 Å². The van der Waals surface area contributed by atoms with Crippen LogP contribution < -0.4 is 14.8 Å². The lowest BCUT2D eigenvalue weighted by molar-refractivity contribution is -0.116. The standard InChI is InChI=1S/C21H28N2O4S/c1-16-8-5-10-18(14-16)27-13-7-12-20(24)22-17-9-6-11-19(15-17)28(25,26)23-21(2,3)4/h5-6,8-11,14-15,23H,7,12-13H2,1-4H3,(H,22,24). The normalized spacial score (nSPS) is 11.9. The molecular weight excluding hydrogens is 376 g/mol. The molecule has 2 rings (SSSR count). The molecule has 0 bridgehead atoms. The molecule has 7 heteroatoms. The zero-order chi connectivity index (χ0) is 20.8. The predicted octanol–water partition coefficient (Wildman–Crippen LogP) is 3.87. The van der Waals surface area contributed by atoms with Crippen molar-refractivity contribution in [2.75, 3.05) is 11.9 Å². The highest BCUT2D eigenvalue weighted by molar-refractivity contribution is 7.89. The zero-order valence-corrected chi connectivity index (χ0v) is 17.6. The molecule has 2 aromatic rings. The summed E-state index contributed by atoms with van der Waals surface area (Å²) in [5.74, 6) is 0.593. The highest BCUT2D eigenvalue weighted by Gasteiger charge is 2.22. The molecule has 0 saturated heterocycles. The Kier molecular flexibility index (Phi) is 7.21. The van der Waals surface area contributed by atoms with Crippen molar-refractivity contribution in [2.45, 2.75) is 51.0 Å². The van der Waals surface area contributed by atoms with Crippen LogP contribution in [0.4, 0.5) is 5.69 Å². The molecule has 0 fully saturated rings. The molecular formula is C21H28N2O4S. The van der Waals surface area contributed by atoms with E-state index in [1.165, 1.54) is 12.1 Å². The number of ether oxygens (including phenoxy) is 1. The van der Waals surface area contributed by atoms with Gasteiger partial charge in [0.15, 0.2) is 0 Å². The summed E-state index contributed by atoms with van der Waals surface area (Å²) in [5.41, 5.74) is 0.975. The minimum Gasteiger partial charge on any atom is -0.494 e. The summed E-state index contributed by atoms with van der Waals surface area (Å²) in [6.07, 6.45) is 0.840. The topological polar surface area (TPSA) is 84.5 Å². The van der Waals surface area contributed by atoms with E-state index in [9.17, 15) is 13.2 Å². The van der Waals surface area contributed by atoms with Crippen LogP contribution in [-0.2, 0) is 14.8 Å². The van der Waals surface area contributed by atoms with E-state index < -0.39 is 15.6 Å². The van der Waals surface area contributed by atoms with Crippen LogP contribution in [0, 0.1) is 6.92 Å². The molecule has 152 valence electrons. The number of carbonyl (C=O) groups is 1. The molecule has 0 heterocycles. The van der Waals surface area contributed by atoms with Crippen LogP contribution >= 0.6 is 0 Å². The summed E-state index contributed by atoms with van der Waals surface area (Å²) in [5, 5.41) is 2.74. The van der Waals surface area contributed by atoms with Crippen LogP contribution in [0.1, 0.15) is 39.2 Å². The number of hydrogen-bond acceptors (Lipinski definition) is 4. The van der Waals surface area contributed by atoms with E-state index in [-0.39, 0.29) is 17.2 Å². The van der Waals surface area contributed by atoms with Crippen molar-refractivity contribution in [3.8, 4) is 5.75 Å². The van der Waals surface area contributed by atoms with E-state index in [1.54, 1.807) is 32.9 Å². The van der Waals surface area contributed by atoms with Crippen molar-refractivity contribution >= 4 is 21.6 Å². The van der Waals surface area contributed by atoms with Crippen LogP contribution in [-0.4, -0.2) is 26.5 Å². The smallest absolute Gasteiger partial charge is 0.241 e. The van der Waals surface area contributed by atoms with Gasteiger partial charge in [-0.15, -0.1) is 0 Å². The van der Waals surface area contributed by atoms with E-state index in [0.29, 0.717) is 18.7 Å². The fourth-order valence-corrected chi connectivity index (χ4v) is 4.02. The highest BCUT2D eigenvalue weighted by atomic mass is 32.2.